The van der Waals surface area contributed by atoms with Gasteiger partial charge in [-0.1, -0.05) is 43.6 Å². The van der Waals surface area contributed by atoms with E-state index < -0.39 is 108 Å². The molecular formula is C46H65ClN10O9S2. The fourth-order valence-corrected chi connectivity index (χ4v) is 10.1. The molecule has 0 radical (unpaired) electrons. The van der Waals surface area contributed by atoms with E-state index in [1.165, 1.54) is 35.0 Å². The standard InChI is InChI=1S/C46H65ClN10O9S2/c1-26(2)39-44(65)54-34(24-38(48)60)37(59)22-29(45(66)57-17-5-11-36(57)43(64)53-33(41(62)51-3)10-4-16-52-46(49)50)25-67-18-6-8-31(58)21-28(20-27-12-14-30(47)15-13-27)40(61)55-35(42(63)56-39)23-32-9-7-19-68-32/h7,9,12-15,19,26,28-29,33-36,39H,4-6,8,10-11,16-18,20-25H2,1-3H3,(H2,48,60)(H,51,62)(H,53,64)(H,54,65)(H,55,61)(H,56,63)(H4,49,50,52)/t28-,29+,33-,34+,35+,36+,39+/m1/s1. The summed E-state index contributed by atoms with van der Waals surface area (Å²) in [6.45, 7) is 3.76. The number of likely N-dealkylation sites (N-methyl/N-ethyl adjacent to an activating group) is 1. The molecule has 0 saturated carbocycles. The quantitative estimate of drug-likeness (QED) is 0.0708. The van der Waals surface area contributed by atoms with Crippen molar-refractivity contribution in [1.29, 1.82) is 0 Å². The molecule has 2 aromatic rings. The summed E-state index contributed by atoms with van der Waals surface area (Å²) in [7, 11) is 1.43. The van der Waals surface area contributed by atoms with Crippen LogP contribution in [0.1, 0.15) is 82.1 Å². The van der Waals surface area contributed by atoms with E-state index in [1.54, 1.807) is 50.2 Å². The molecule has 2 saturated heterocycles. The normalized spacial score (nSPS) is 23.1. The molecule has 11 N–H and O–H groups in total. The summed E-state index contributed by atoms with van der Waals surface area (Å²) in [6, 6.07) is 4.68. The number of nitrogens with zero attached hydrogens (tertiary/aromatic N) is 2. The van der Waals surface area contributed by atoms with E-state index in [9.17, 15) is 43.2 Å². The summed E-state index contributed by atoms with van der Waals surface area (Å²) < 4.78 is 0. The van der Waals surface area contributed by atoms with Crippen LogP contribution in [0, 0.1) is 17.8 Å². The van der Waals surface area contributed by atoms with Gasteiger partial charge in [0, 0.05) is 67.4 Å². The minimum Gasteiger partial charge on any atom is -0.370 e. The van der Waals surface area contributed by atoms with E-state index in [2.05, 4.69) is 31.6 Å². The highest BCUT2D eigenvalue weighted by atomic mass is 35.5. The van der Waals surface area contributed by atoms with Gasteiger partial charge in [-0.25, -0.2) is 0 Å². The highest BCUT2D eigenvalue weighted by Gasteiger charge is 2.40. The maximum atomic E-state index is 14.5. The van der Waals surface area contributed by atoms with Gasteiger partial charge in [-0.05, 0) is 79.3 Å². The van der Waals surface area contributed by atoms with Gasteiger partial charge < -0.3 is 48.7 Å². The summed E-state index contributed by atoms with van der Waals surface area (Å²) in [6.07, 6.45) is 0.870. The molecule has 7 atom stereocenters. The van der Waals surface area contributed by atoms with Crippen molar-refractivity contribution in [2.45, 2.75) is 115 Å². The van der Waals surface area contributed by atoms with Crippen molar-refractivity contribution in [1.82, 2.24) is 31.5 Å². The van der Waals surface area contributed by atoms with E-state index in [1.807, 2.05) is 5.38 Å². The Balaban J connectivity index is 1.65. The van der Waals surface area contributed by atoms with Crippen molar-refractivity contribution in [3.63, 3.8) is 0 Å². The number of carbonyl (C=O) groups excluding carboxylic acids is 9. The number of guanidine groups is 1. The second-order valence-electron chi connectivity index (χ2n) is 17.4. The third kappa shape index (κ3) is 17.5. The first-order valence-electron chi connectivity index (χ1n) is 22.8. The largest absolute Gasteiger partial charge is 0.370 e. The van der Waals surface area contributed by atoms with Crippen molar-refractivity contribution in [3.8, 4) is 0 Å². The number of carbonyl (C=O) groups is 9. The Bertz CT molecular complexity index is 2120. The zero-order valence-electron chi connectivity index (χ0n) is 38.8. The van der Waals surface area contributed by atoms with Gasteiger partial charge in [0.1, 0.15) is 30.0 Å². The molecule has 68 heavy (non-hydrogen) atoms. The predicted octanol–water partition coefficient (Wildman–Crippen LogP) is 1.13. The average molecular weight is 1000 g/mol. The summed E-state index contributed by atoms with van der Waals surface area (Å²) in [5.41, 5.74) is 17.2. The van der Waals surface area contributed by atoms with Crippen molar-refractivity contribution >= 4 is 93.6 Å². The van der Waals surface area contributed by atoms with Crippen LogP contribution in [0.25, 0.3) is 0 Å². The number of amides is 7. The molecule has 2 aliphatic heterocycles. The molecule has 2 fully saturated rings. The monoisotopic (exact) mass is 1000 g/mol. The first-order chi connectivity index (χ1) is 32.4. The number of nitrogens with two attached hydrogens (primary N) is 3. The number of hydrogen-bond donors (Lipinski definition) is 8. The molecule has 1 aromatic heterocycles. The van der Waals surface area contributed by atoms with Crippen molar-refractivity contribution in [2.24, 2.45) is 39.9 Å². The lowest BCUT2D eigenvalue weighted by atomic mass is 9.91. The number of aliphatic imine (C=N–C) groups is 1. The third-order valence-corrected chi connectivity index (χ3v) is 14.1. The lowest BCUT2D eigenvalue weighted by Crippen LogP contribution is -2.58. The Morgan fingerprint density at radius 3 is 2.28 bits per heavy atom. The molecule has 19 nitrogen and oxygen atoms in total. The van der Waals surface area contributed by atoms with Gasteiger partial charge in [0.2, 0.25) is 41.4 Å². The number of halogens is 1. The maximum Gasteiger partial charge on any atom is 0.243 e. The average Bonchev–Trinajstić information content (AvgIpc) is 4.00. The van der Waals surface area contributed by atoms with Crippen LogP contribution in [0.4, 0.5) is 0 Å². The molecule has 0 unspecified atom stereocenters. The van der Waals surface area contributed by atoms with Gasteiger partial charge in [-0.2, -0.15) is 11.8 Å². The third-order valence-electron chi connectivity index (χ3n) is 11.7. The predicted molar refractivity (Wildman–Crippen MR) is 261 cm³/mol. The minimum absolute atomic E-state index is 0.0738. The van der Waals surface area contributed by atoms with Crippen LogP contribution in [-0.2, 0) is 56.0 Å². The summed E-state index contributed by atoms with van der Waals surface area (Å²) in [5, 5.41) is 15.8. The maximum absolute atomic E-state index is 14.5. The molecular weight excluding hydrogens is 936 g/mol. The minimum atomic E-state index is -1.48. The number of thiophene rings is 1. The Labute approximate surface area is 410 Å². The molecule has 0 bridgehead atoms. The number of ketones is 2. The SMILES string of the molecule is CNC(=O)[C@@H](CCCN=C(N)N)NC(=O)[C@@H]1CCCN1C(=O)[C@@H]1CSCCCC(=O)C[C@@H](Cc2ccc(Cl)cc2)C(=O)N[C@@H](Cc2cccs2)C(=O)N[C@@H](C(C)C)C(=O)N[C@@H](CC(N)=O)C(=O)C1. The molecule has 2 aliphatic rings. The molecule has 0 spiro atoms. The number of hydrogen-bond acceptors (Lipinski definition) is 12. The lowest BCUT2D eigenvalue weighted by molar-refractivity contribution is -0.143. The molecule has 7 amide bonds. The summed E-state index contributed by atoms with van der Waals surface area (Å²) in [5.74, 6) is -7.45. The number of primary amides is 1. The van der Waals surface area contributed by atoms with Crippen molar-refractivity contribution in [2.75, 3.05) is 31.6 Å². The molecule has 4 rings (SSSR count). The highest BCUT2D eigenvalue weighted by molar-refractivity contribution is 7.99. The zero-order valence-corrected chi connectivity index (χ0v) is 41.2. The number of nitrogens with one attached hydrogen (secondary N) is 5. The van der Waals surface area contributed by atoms with Gasteiger partial charge in [0.25, 0.3) is 0 Å². The lowest BCUT2D eigenvalue weighted by Gasteiger charge is -2.30. The fraction of sp³-hybridized carbons (Fsp3) is 0.565. The number of Topliss-reactive ketones (excluding diaryl/α,β-unsaturated/α-hetero) is 2. The second-order valence-corrected chi connectivity index (χ2v) is 20.1. The first-order valence-corrected chi connectivity index (χ1v) is 25.2. The van der Waals surface area contributed by atoms with Gasteiger partial charge in [-0.3, -0.25) is 48.1 Å². The van der Waals surface area contributed by atoms with E-state index in [0.29, 0.717) is 30.0 Å². The fourth-order valence-electron chi connectivity index (χ4n) is 8.12. The number of benzene rings is 1. The van der Waals surface area contributed by atoms with Crippen molar-refractivity contribution < 1.29 is 43.2 Å². The van der Waals surface area contributed by atoms with Crippen LogP contribution in [0.2, 0.25) is 5.02 Å². The van der Waals surface area contributed by atoms with Gasteiger partial charge >= 0.3 is 0 Å². The molecule has 22 heteroatoms. The smallest absolute Gasteiger partial charge is 0.243 e. The van der Waals surface area contributed by atoms with Crippen LogP contribution in [0.15, 0.2) is 46.8 Å². The molecule has 372 valence electrons. The number of likely N-dealkylation sites (tertiary alicyclic amines) is 1. The van der Waals surface area contributed by atoms with E-state index in [4.69, 9.17) is 28.8 Å². The summed E-state index contributed by atoms with van der Waals surface area (Å²) in [4.78, 5) is 130. The van der Waals surface area contributed by atoms with Crippen molar-refractivity contribution in [3.05, 3.63) is 57.2 Å². The second kappa shape index (κ2) is 27.5. The molecule has 0 aliphatic carbocycles. The Morgan fingerprint density at radius 1 is 0.912 bits per heavy atom. The Morgan fingerprint density at radius 2 is 1.63 bits per heavy atom. The molecule has 3 heterocycles. The Hall–Kier alpha value is -5.54. The zero-order chi connectivity index (χ0) is 49.9. The highest BCUT2D eigenvalue weighted by Crippen LogP contribution is 2.26. The van der Waals surface area contributed by atoms with E-state index >= 15 is 0 Å². The van der Waals surface area contributed by atoms with Gasteiger partial charge in [0.05, 0.1) is 18.4 Å². The molecule has 1 aromatic carbocycles. The number of rotatable bonds is 15. The van der Waals surface area contributed by atoms with E-state index in [0.717, 1.165) is 10.4 Å². The van der Waals surface area contributed by atoms with Gasteiger partial charge in [0.15, 0.2) is 11.7 Å². The van der Waals surface area contributed by atoms with Crippen LogP contribution in [-0.4, -0.2) is 126 Å². The first kappa shape index (κ1) is 55.1. The van der Waals surface area contributed by atoms with Crippen LogP contribution < -0.4 is 43.8 Å². The topological polar surface area (TPSA) is 307 Å². The van der Waals surface area contributed by atoms with Crippen LogP contribution >= 0.6 is 34.7 Å². The van der Waals surface area contributed by atoms with Crippen LogP contribution in [0.3, 0.4) is 0 Å². The van der Waals surface area contributed by atoms with Gasteiger partial charge in [-0.15, -0.1) is 11.3 Å². The van der Waals surface area contributed by atoms with Crippen LogP contribution in [0.5, 0.6) is 0 Å². The van der Waals surface area contributed by atoms with E-state index in [-0.39, 0.29) is 69.1 Å². The number of thioether (sulfide) groups is 1. The Kier molecular flexibility index (Phi) is 22.2. The summed E-state index contributed by atoms with van der Waals surface area (Å²) >= 11 is 8.83.